The Kier molecular flexibility index (Phi) is 7.50. The summed E-state index contributed by atoms with van der Waals surface area (Å²) in [5.74, 6) is 2.54. The van der Waals surface area contributed by atoms with Crippen molar-refractivity contribution in [1.29, 1.82) is 0 Å². The molecule has 152 valence electrons. The molecule has 0 radical (unpaired) electrons. The summed E-state index contributed by atoms with van der Waals surface area (Å²) < 4.78 is 12.6. The molecule has 0 saturated carbocycles. The van der Waals surface area contributed by atoms with Gasteiger partial charge in [0, 0.05) is 38.7 Å². The maximum absolute atomic E-state index is 12.1. The van der Waals surface area contributed by atoms with E-state index in [2.05, 4.69) is 25.4 Å². The number of rotatable bonds is 8. The number of amides is 2. The fourth-order valence-corrected chi connectivity index (χ4v) is 3.36. The normalized spacial score (nSPS) is 13.5. The van der Waals surface area contributed by atoms with Crippen molar-refractivity contribution in [3.05, 3.63) is 34.9 Å². The number of hydrogen-bond acceptors (Lipinski definition) is 5. The van der Waals surface area contributed by atoms with Gasteiger partial charge in [0.05, 0.1) is 11.6 Å². The first kappa shape index (κ1) is 20.4. The topological polar surface area (TPSA) is 90.3 Å². The molecule has 8 nitrogen and oxygen atoms in total. The molecule has 28 heavy (non-hydrogen) atoms. The molecule has 0 unspecified atom stereocenters. The van der Waals surface area contributed by atoms with Crippen LogP contribution in [0.2, 0.25) is 5.02 Å². The van der Waals surface area contributed by atoms with Crippen molar-refractivity contribution in [2.45, 2.75) is 38.6 Å². The van der Waals surface area contributed by atoms with Gasteiger partial charge in [-0.25, -0.2) is 4.79 Å². The lowest BCUT2D eigenvalue weighted by atomic mass is 10.2. The minimum Gasteiger partial charge on any atom is -0.490 e. The molecule has 3 rings (SSSR count). The number of nitrogens with zero attached hydrogens (tertiary/aromatic N) is 3. The first-order valence-corrected chi connectivity index (χ1v) is 9.92. The van der Waals surface area contributed by atoms with E-state index in [1.807, 2.05) is 0 Å². The van der Waals surface area contributed by atoms with Crippen LogP contribution in [0.4, 0.5) is 10.5 Å². The van der Waals surface area contributed by atoms with E-state index >= 15 is 0 Å². The van der Waals surface area contributed by atoms with Gasteiger partial charge >= 0.3 is 6.03 Å². The number of benzene rings is 1. The molecule has 0 fully saturated rings. The number of nitrogens with one attached hydrogen (secondary N) is 2. The Morgan fingerprint density at radius 1 is 1.25 bits per heavy atom. The van der Waals surface area contributed by atoms with Crippen LogP contribution < -0.4 is 15.4 Å². The van der Waals surface area contributed by atoms with Crippen molar-refractivity contribution in [3.8, 4) is 5.75 Å². The minimum absolute atomic E-state index is 0.292. The first-order valence-electron chi connectivity index (χ1n) is 9.54. The van der Waals surface area contributed by atoms with Gasteiger partial charge in [-0.3, -0.25) is 0 Å². The molecular weight excluding hydrogens is 382 g/mol. The third kappa shape index (κ3) is 5.59. The molecule has 0 spiro atoms. The molecular formula is C19H26ClN5O3. The van der Waals surface area contributed by atoms with Crippen LogP contribution in [0.25, 0.3) is 0 Å². The Labute approximate surface area is 169 Å². The van der Waals surface area contributed by atoms with Crippen molar-refractivity contribution < 1.29 is 14.3 Å². The fourth-order valence-electron chi connectivity index (χ4n) is 3.12. The van der Waals surface area contributed by atoms with E-state index in [4.69, 9.17) is 21.1 Å². The summed E-state index contributed by atoms with van der Waals surface area (Å²) in [5, 5.41) is 14.6. The van der Waals surface area contributed by atoms with Crippen molar-refractivity contribution >= 4 is 23.3 Å². The van der Waals surface area contributed by atoms with Crippen LogP contribution in [0.15, 0.2) is 18.2 Å². The smallest absolute Gasteiger partial charge is 0.319 e. The number of hydrogen-bond donors (Lipinski definition) is 2. The molecule has 0 aliphatic carbocycles. The molecule has 2 aromatic rings. The number of carbonyl (C=O) groups excluding carboxylic acids is 1. The molecule has 1 aliphatic heterocycles. The summed E-state index contributed by atoms with van der Waals surface area (Å²) in [6.45, 7) is 2.33. The van der Waals surface area contributed by atoms with E-state index < -0.39 is 0 Å². The lowest BCUT2D eigenvalue weighted by Crippen LogP contribution is -2.31. The zero-order valence-corrected chi connectivity index (χ0v) is 16.8. The monoisotopic (exact) mass is 407 g/mol. The van der Waals surface area contributed by atoms with Crippen LogP contribution in [-0.4, -0.2) is 47.7 Å². The van der Waals surface area contributed by atoms with Gasteiger partial charge in [-0.05, 0) is 31.0 Å². The number of aryl methyl sites for hydroxylation is 1. The quantitative estimate of drug-likeness (QED) is 0.656. The predicted molar refractivity (Wildman–Crippen MR) is 107 cm³/mol. The average Bonchev–Trinajstić information content (AvgIpc) is 2.90. The summed E-state index contributed by atoms with van der Waals surface area (Å²) >= 11 is 6.19. The van der Waals surface area contributed by atoms with Crippen LogP contribution in [0, 0.1) is 0 Å². The van der Waals surface area contributed by atoms with Gasteiger partial charge < -0.3 is 24.7 Å². The molecule has 2 N–H and O–H groups in total. The lowest BCUT2D eigenvalue weighted by Gasteiger charge is -2.11. The van der Waals surface area contributed by atoms with E-state index in [-0.39, 0.29) is 6.03 Å². The fraction of sp³-hybridized carbons (Fsp3) is 0.526. The maximum atomic E-state index is 12.1. The zero-order chi connectivity index (χ0) is 19.8. The highest BCUT2D eigenvalue weighted by Crippen LogP contribution is 2.27. The van der Waals surface area contributed by atoms with E-state index in [0.717, 1.165) is 37.5 Å². The lowest BCUT2D eigenvalue weighted by molar-refractivity contribution is 0.146. The van der Waals surface area contributed by atoms with Gasteiger partial charge in [0.25, 0.3) is 0 Å². The largest absolute Gasteiger partial charge is 0.490 e. The molecule has 1 aromatic heterocycles. The SMILES string of the molecule is COCCOc1ccc(NC(=O)NCCc2nnc3n2CCCCC3)cc1Cl. The number of carbonyl (C=O) groups is 1. The highest BCUT2D eigenvalue weighted by molar-refractivity contribution is 6.32. The molecule has 1 aromatic carbocycles. The molecule has 0 saturated heterocycles. The standard InChI is InChI=1S/C19H26ClN5O3/c1-27-11-12-28-16-7-6-14(13-15(16)20)22-19(26)21-9-8-18-24-23-17-5-3-2-4-10-25(17)18/h6-7,13H,2-5,8-12H2,1H3,(H2,21,22,26). The third-order valence-electron chi connectivity index (χ3n) is 4.56. The second-order valence-electron chi connectivity index (χ2n) is 6.61. The maximum Gasteiger partial charge on any atom is 0.319 e. The van der Waals surface area contributed by atoms with Crippen LogP contribution in [0.5, 0.6) is 5.75 Å². The molecule has 9 heteroatoms. The highest BCUT2D eigenvalue weighted by Gasteiger charge is 2.14. The Bertz CT molecular complexity index is 796. The highest BCUT2D eigenvalue weighted by atomic mass is 35.5. The van der Waals surface area contributed by atoms with Gasteiger partial charge in [-0.15, -0.1) is 10.2 Å². The van der Waals surface area contributed by atoms with Crippen molar-refractivity contribution in [1.82, 2.24) is 20.1 Å². The van der Waals surface area contributed by atoms with Crippen molar-refractivity contribution in [3.63, 3.8) is 0 Å². The van der Waals surface area contributed by atoms with Crippen molar-refractivity contribution in [2.24, 2.45) is 0 Å². The van der Waals surface area contributed by atoms with Crippen molar-refractivity contribution in [2.75, 3.05) is 32.2 Å². The Balaban J connectivity index is 1.46. The molecule has 0 atom stereocenters. The number of anilines is 1. The molecule has 1 aliphatic rings. The van der Waals surface area contributed by atoms with E-state index in [0.29, 0.717) is 42.6 Å². The van der Waals surface area contributed by atoms with Gasteiger partial charge in [0.15, 0.2) is 0 Å². The first-order chi connectivity index (χ1) is 13.7. The zero-order valence-electron chi connectivity index (χ0n) is 16.0. The Morgan fingerprint density at radius 2 is 2.14 bits per heavy atom. The summed E-state index contributed by atoms with van der Waals surface area (Å²) in [6.07, 6.45) is 5.16. The Morgan fingerprint density at radius 3 is 2.96 bits per heavy atom. The van der Waals surface area contributed by atoms with Gasteiger partial charge in [0.2, 0.25) is 0 Å². The van der Waals surface area contributed by atoms with Gasteiger partial charge in [-0.1, -0.05) is 18.0 Å². The van der Waals surface area contributed by atoms with Gasteiger partial charge in [-0.2, -0.15) is 0 Å². The molecule has 2 amide bonds. The number of fused-ring (bicyclic) bond motifs is 1. The van der Waals surface area contributed by atoms with Gasteiger partial charge in [0.1, 0.15) is 24.0 Å². The summed E-state index contributed by atoms with van der Waals surface area (Å²) in [6, 6.07) is 4.83. The summed E-state index contributed by atoms with van der Waals surface area (Å²) in [4.78, 5) is 12.1. The predicted octanol–water partition coefficient (Wildman–Crippen LogP) is 3.05. The molecule has 2 heterocycles. The average molecular weight is 408 g/mol. The minimum atomic E-state index is -0.292. The molecule has 0 bridgehead atoms. The second kappa shape index (κ2) is 10.3. The second-order valence-corrected chi connectivity index (χ2v) is 7.02. The third-order valence-corrected chi connectivity index (χ3v) is 4.85. The van der Waals surface area contributed by atoms with E-state index in [1.165, 1.54) is 6.42 Å². The number of methoxy groups -OCH3 is 1. The summed E-state index contributed by atoms with van der Waals surface area (Å²) in [7, 11) is 1.61. The number of ether oxygens (including phenoxy) is 2. The Hall–Kier alpha value is -2.32. The van der Waals surface area contributed by atoms with Crippen LogP contribution in [0.1, 0.15) is 30.9 Å². The number of halogens is 1. The number of urea groups is 1. The van der Waals surface area contributed by atoms with Crippen LogP contribution >= 0.6 is 11.6 Å². The van der Waals surface area contributed by atoms with Crippen LogP contribution in [-0.2, 0) is 24.1 Å². The van der Waals surface area contributed by atoms with Crippen LogP contribution in [0.3, 0.4) is 0 Å². The van der Waals surface area contributed by atoms with E-state index in [1.54, 1.807) is 25.3 Å². The summed E-state index contributed by atoms with van der Waals surface area (Å²) in [5.41, 5.74) is 0.595. The number of aromatic nitrogens is 3. The van der Waals surface area contributed by atoms with E-state index in [9.17, 15) is 4.79 Å².